The van der Waals surface area contributed by atoms with Gasteiger partial charge < -0.3 is 25.1 Å². The van der Waals surface area contributed by atoms with E-state index in [2.05, 4.69) is 29.2 Å². The third-order valence-corrected chi connectivity index (χ3v) is 4.37. The van der Waals surface area contributed by atoms with Gasteiger partial charge in [-0.25, -0.2) is 4.79 Å². The van der Waals surface area contributed by atoms with Crippen molar-refractivity contribution in [1.82, 2.24) is 20.0 Å². The molecule has 0 atom stereocenters. The normalized spacial score (nSPS) is 20.8. The Morgan fingerprint density at radius 1 is 1.19 bits per heavy atom. The van der Waals surface area contributed by atoms with Gasteiger partial charge in [-0.1, -0.05) is 0 Å². The number of hydrogen-bond acceptors (Lipinski definition) is 4. The van der Waals surface area contributed by atoms with Crippen LogP contribution in [0.15, 0.2) is 0 Å². The van der Waals surface area contributed by atoms with Crippen LogP contribution in [0.5, 0.6) is 0 Å². The molecule has 0 aromatic rings. The Balaban J connectivity index is 1.68. The molecule has 0 spiro atoms. The first-order valence-electron chi connectivity index (χ1n) is 8.15. The first-order chi connectivity index (χ1) is 10.1. The largest absolute Gasteiger partial charge is 0.395 e. The van der Waals surface area contributed by atoms with Crippen LogP contribution in [0, 0.1) is 0 Å². The van der Waals surface area contributed by atoms with Gasteiger partial charge in [0, 0.05) is 44.8 Å². The summed E-state index contributed by atoms with van der Waals surface area (Å²) in [5.41, 5.74) is 0. The Morgan fingerprint density at radius 2 is 1.86 bits per heavy atom. The molecule has 21 heavy (non-hydrogen) atoms. The fraction of sp³-hybridized carbons (Fsp3) is 0.933. The number of nitrogens with one attached hydrogen (secondary N) is 1. The summed E-state index contributed by atoms with van der Waals surface area (Å²) in [6, 6.07) is 0.656. The number of nitrogens with zero attached hydrogens (tertiary/aromatic N) is 3. The van der Waals surface area contributed by atoms with E-state index >= 15 is 0 Å². The molecular formula is C15H30N4O2. The van der Waals surface area contributed by atoms with Crippen molar-refractivity contribution < 1.29 is 9.90 Å². The highest BCUT2D eigenvalue weighted by Gasteiger charge is 2.33. The molecular weight excluding hydrogens is 268 g/mol. The molecule has 0 aromatic carbocycles. The number of carbonyl (C=O) groups is 1. The van der Waals surface area contributed by atoms with E-state index in [-0.39, 0.29) is 18.7 Å². The van der Waals surface area contributed by atoms with Crippen molar-refractivity contribution in [2.75, 3.05) is 53.4 Å². The molecule has 122 valence electrons. The summed E-state index contributed by atoms with van der Waals surface area (Å²) in [5, 5.41) is 12.2. The van der Waals surface area contributed by atoms with Crippen molar-refractivity contribution in [3.05, 3.63) is 0 Å². The Labute approximate surface area is 128 Å². The molecule has 0 bridgehead atoms. The molecule has 0 aromatic heterocycles. The molecule has 2 N–H and O–H groups in total. The molecule has 2 aliphatic rings. The second-order valence-electron chi connectivity index (χ2n) is 6.52. The van der Waals surface area contributed by atoms with Crippen LogP contribution in [0.2, 0.25) is 0 Å². The lowest BCUT2D eigenvalue weighted by atomic mass is 10.1. The van der Waals surface area contributed by atoms with Gasteiger partial charge in [-0.05, 0) is 39.8 Å². The highest BCUT2D eigenvalue weighted by Crippen LogP contribution is 2.26. The van der Waals surface area contributed by atoms with Gasteiger partial charge in [-0.2, -0.15) is 0 Å². The maximum atomic E-state index is 12.3. The predicted octanol–water partition coefficient (Wildman–Crippen LogP) is 0.179. The molecule has 6 nitrogen and oxygen atoms in total. The molecule has 2 fully saturated rings. The minimum atomic E-state index is 0.0123. The van der Waals surface area contributed by atoms with Crippen molar-refractivity contribution in [3.8, 4) is 0 Å². The van der Waals surface area contributed by atoms with E-state index in [4.69, 9.17) is 5.11 Å². The topological polar surface area (TPSA) is 59.0 Å². The Kier molecular flexibility index (Phi) is 6.26. The third kappa shape index (κ3) is 5.45. The fourth-order valence-electron chi connectivity index (χ4n) is 2.84. The fourth-order valence-corrected chi connectivity index (χ4v) is 2.84. The van der Waals surface area contributed by atoms with E-state index in [1.165, 1.54) is 0 Å². The quantitative estimate of drug-likeness (QED) is 0.704. The van der Waals surface area contributed by atoms with Gasteiger partial charge >= 0.3 is 6.03 Å². The number of carbonyl (C=O) groups excluding carboxylic acids is 1. The van der Waals surface area contributed by atoms with Gasteiger partial charge in [0.05, 0.1) is 6.61 Å². The lowest BCUT2D eigenvalue weighted by Gasteiger charge is -2.34. The van der Waals surface area contributed by atoms with Crippen LogP contribution in [-0.4, -0.2) is 91.3 Å². The van der Waals surface area contributed by atoms with Gasteiger partial charge in [0.25, 0.3) is 0 Å². The summed E-state index contributed by atoms with van der Waals surface area (Å²) >= 11 is 0. The van der Waals surface area contributed by atoms with Gasteiger partial charge in [0.15, 0.2) is 0 Å². The predicted molar refractivity (Wildman–Crippen MR) is 83.4 cm³/mol. The molecule has 1 heterocycles. The molecule has 0 radical (unpaired) electrons. The summed E-state index contributed by atoms with van der Waals surface area (Å²) in [6.07, 6.45) is 4.21. The highest BCUT2D eigenvalue weighted by molar-refractivity contribution is 5.75. The van der Waals surface area contributed by atoms with Crippen molar-refractivity contribution in [1.29, 1.82) is 0 Å². The molecule has 2 rings (SSSR count). The molecule has 1 aliphatic carbocycles. The SMILES string of the molecule is CN(C)CCN1CCC(NC(=O)N(CCO)C2CC2)CC1. The number of rotatable bonds is 7. The number of aliphatic hydroxyl groups is 1. The van der Waals surface area contributed by atoms with E-state index in [0.29, 0.717) is 12.6 Å². The lowest BCUT2D eigenvalue weighted by molar-refractivity contribution is 0.154. The van der Waals surface area contributed by atoms with Crippen molar-refractivity contribution in [2.24, 2.45) is 0 Å². The molecule has 1 saturated heterocycles. The Morgan fingerprint density at radius 3 is 2.38 bits per heavy atom. The minimum absolute atomic E-state index is 0.0123. The van der Waals surface area contributed by atoms with E-state index in [1.807, 2.05) is 0 Å². The first kappa shape index (κ1) is 16.5. The maximum absolute atomic E-state index is 12.3. The van der Waals surface area contributed by atoms with Crippen LogP contribution >= 0.6 is 0 Å². The average Bonchev–Trinajstić information content (AvgIpc) is 3.28. The van der Waals surface area contributed by atoms with Crippen molar-refractivity contribution in [3.63, 3.8) is 0 Å². The number of piperidine rings is 1. The molecule has 1 saturated carbocycles. The van der Waals surface area contributed by atoms with E-state index in [9.17, 15) is 4.79 Å². The summed E-state index contributed by atoms with van der Waals surface area (Å²) in [5.74, 6) is 0. The number of urea groups is 1. The number of likely N-dealkylation sites (tertiary alicyclic amines) is 1. The lowest BCUT2D eigenvalue weighted by Crippen LogP contribution is -2.51. The smallest absolute Gasteiger partial charge is 0.317 e. The maximum Gasteiger partial charge on any atom is 0.317 e. The average molecular weight is 298 g/mol. The zero-order valence-electron chi connectivity index (χ0n) is 13.4. The number of likely N-dealkylation sites (N-methyl/N-ethyl adjacent to an activating group) is 1. The Bertz CT molecular complexity index is 326. The minimum Gasteiger partial charge on any atom is -0.395 e. The standard InChI is InChI=1S/C15H30N4O2/c1-17(2)9-10-18-7-5-13(6-8-18)16-15(21)19(11-12-20)14-3-4-14/h13-14,20H,3-12H2,1-2H3,(H,16,21). The van der Waals surface area contributed by atoms with Crippen molar-refractivity contribution >= 4 is 6.03 Å². The van der Waals surface area contributed by atoms with Crippen molar-refractivity contribution in [2.45, 2.75) is 37.8 Å². The monoisotopic (exact) mass is 298 g/mol. The van der Waals surface area contributed by atoms with Gasteiger partial charge in [-0.15, -0.1) is 0 Å². The van der Waals surface area contributed by atoms with Crippen LogP contribution in [-0.2, 0) is 0 Å². The second-order valence-corrected chi connectivity index (χ2v) is 6.52. The van der Waals surface area contributed by atoms with Crippen LogP contribution in [0.3, 0.4) is 0 Å². The third-order valence-electron chi connectivity index (χ3n) is 4.37. The van der Waals surface area contributed by atoms with Crippen LogP contribution in [0.25, 0.3) is 0 Å². The molecule has 6 heteroatoms. The van der Waals surface area contributed by atoms with E-state index in [0.717, 1.165) is 51.9 Å². The van der Waals surface area contributed by atoms with Crippen LogP contribution in [0.4, 0.5) is 4.79 Å². The van der Waals surface area contributed by atoms with Crippen LogP contribution in [0.1, 0.15) is 25.7 Å². The highest BCUT2D eigenvalue weighted by atomic mass is 16.3. The van der Waals surface area contributed by atoms with Crippen LogP contribution < -0.4 is 5.32 Å². The number of aliphatic hydroxyl groups excluding tert-OH is 1. The van der Waals surface area contributed by atoms with Gasteiger partial charge in [0.1, 0.15) is 0 Å². The van der Waals surface area contributed by atoms with E-state index in [1.54, 1.807) is 4.90 Å². The molecule has 2 amide bonds. The Hall–Kier alpha value is -0.850. The summed E-state index contributed by atoms with van der Waals surface area (Å²) in [6.45, 7) is 4.81. The molecule has 0 unspecified atom stereocenters. The van der Waals surface area contributed by atoms with Gasteiger partial charge in [-0.3, -0.25) is 0 Å². The van der Waals surface area contributed by atoms with E-state index < -0.39 is 0 Å². The zero-order chi connectivity index (χ0) is 15.2. The zero-order valence-corrected chi connectivity index (χ0v) is 13.4. The molecule has 1 aliphatic heterocycles. The summed E-state index contributed by atoms with van der Waals surface area (Å²) in [4.78, 5) is 18.7. The first-order valence-corrected chi connectivity index (χ1v) is 8.15. The van der Waals surface area contributed by atoms with Gasteiger partial charge in [0.2, 0.25) is 0 Å². The number of amides is 2. The second kappa shape index (κ2) is 7.96. The summed E-state index contributed by atoms with van der Waals surface area (Å²) in [7, 11) is 4.20. The number of hydrogen-bond donors (Lipinski definition) is 2. The summed E-state index contributed by atoms with van der Waals surface area (Å²) < 4.78 is 0.